The van der Waals surface area contributed by atoms with Crippen LogP contribution >= 0.6 is 11.6 Å². The van der Waals surface area contributed by atoms with Crippen molar-refractivity contribution in [2.24, 2.45) is 0 Å². The third kappa shape index (κ3) is 3.53. The lowest BCUT2D eigenvalue weighted by Gasteiger charge is -2.34. The van der Waals surface area contributed by atoms with Crippen molar-refractivity contribution in [3.05, 3.63) is 46.1 Å². The quantitative estimate of drug-likeness (QED) is 0.644. The molecule has 0 aromatic heterocycles. The van der Waals surface area contributed by atoms with Gasteiger partial charge in [-0.1, -0.05) is 23.3 Å². The second kappa shape index (κ2) is 6.28. The standard InChI is InChI=1S/C18H24ClN3O/c1-11(2)6-7-22-17(23)10-16(18(22,4)5)21-15-9-13(19)12(3)8-14(15)20/h6,8-10,21H,7,20H2,1-5H3. The van der Waals surface area contributed by atoms with E-state index in [-0.39, 0.29) is 5.91 Å². The van der Waals surface area contributed by atoms with E-state index < -0.39 is 5.54 Å². The predicted octanol–water partition coefficient (Wildman–Crippen LogP) is 4.11. The van der Waals surface area contributed by atoms with E-state index in [4.69, 9.17) is 17.3 Å². The molecule has 1 aromatic rings. The molecular weight excluding hydrogens is 310 g/mol. The number of rotatable bonds is 4. The van der Waals surface area contributed by atoms with E-state index in [1.165, 1.54) is 5.57 Å². The number of carbonyl (C=O) groups is 1. The largest absolute Gasteiger partial charge is 0.397 e. The Morgan fingerprint density at radius 2 is 2.04 bits per heavy atom. The van der Waals surface area contributed by atoms with Gasteiger partial charge in [0.2, 0.25) is 5.91 Å². The van der Waals surface area contributed by atoms with E-state index in [9.17, 15) is 4.79 Å². The van der Waals surface area contributed by atoms with Gasteiger partial charge < -0.3 is 16.0 Å². The van der Waals surface area contributed by atoms with Gasteiger partial charge in [0.05, 0.1) is 16.9 Å². The van der Waals surface area contributed by atoms with Gasteiger partial charge in [0, 0.05) is 23.3 Å². The number of amides is 1. The Hall–Kier alpha value is -1.94. The lowest BCUT2D eigenvalue weighted by molar-refractivity contribution is -0.127. The van der Waals surface area contributed by atoms with E-state index in [0.717, 1.165) is 16.9 Å². The minimum Gasteiger partial charge on any atom is -0.397 e. The summed E-state index contributed by atoms with van der Waals surface area (Å²) in [6.45, 7) is 10.6. The maximum Gasteiger partial charge on any atom is 0.249 e. The number of carbonyl (C=O) groups excluding carboxylic acids is 1. The second-order valence-corrected chi connectivity index (χ2v) is 7.07. The fourth-order valence-corrected chi connectivity index (χ4v) is 2.70. The van der Waals surface area contributed by atoms with Gasteiger partial charge in [-0.3, -0.25) is 4.79 Å². The van der Waals surface area contributed by atoms with Gasteiger partial charge in [-0.05, 0) is 52.3 Å². The SMILES string of the molecule is CC(C)=CCN1C(=O)C=C(Nc2cc(Cl)c(C)cc2N)C1(C)C. The molecule has 0 bridgehead atoms. The molecule has 0 aliphatic carbocycles. The van der Waals surface area contributed by atoms with Crippen LogP contribution < -0.4 is 11.1 Å². The molecular formula is C18H24ClN3O. The smallest absolute Gasteiger partial charge is 0.249 e. The number of hydrogen-bond donors (Lipinski definition) is 2. The summed E-state index contributed by atoms with van der Waals surface area (Å²) < 4.78 is 0. The summed E-state index contributed by atoms with van der Waals surface area (Å²) in [7, 11) is 0. The molecule has 23 heavy (non-hydrogen) atoms. The van der Waals surface area contributed by atoms with Gasteiger partial charge in [0.15, 0.2) is 0 Å². The minimum absolute atomic E-state index is 0.00761. The summed E-state index contributed by atoms with van der Waals surface area (Å²) in [6, 6.07) is 3.63. The summed E-state index contributed by atoms with van der Waals surface area (Å²) in [6.07, 6.45) is 3.68. The van der Waals surface area contributed by atoms with E-state index >= 15 is 0 Å². The number of benzene rings is 1. The zero-order valence-electron chi connectivity index (χ0n) is 14.3. The van der Waals surface area contributed by atoms with Crippen molar-refractivity contribution in [2.45, 2.75) is 40.2 Å². The van der Waals surface area contributed by atoms with Gasteiger partial charge >= 0.3 is 0 Å². The third-order valence-corrected chi connectivity index (χ3v) is 4.56. The van der Waals surface area contributed by atoms with Crippen molar-refractivity contribution < 1.29 is 4.79 Å². The Bertz CT molecular complexity index is 700. The molecule has 1 aliphatic heterocycles. The van der Waals surface area contributed by atoms with Crippen molar-refractivity contribution >= 4 is 28.9 Å². The van der Waals surface area contributed by atoms with Gasteiger partial charge in [0.25, 0.3) is 0 Å². The monoisotopic (exact) mass is 333 g/mol. The van der Waals surface area contributed by atoms with Gasteiger partial charge in [-0.15, -0.1) is 0 Å². The maximum absolute atomic E-state index is 12.3. The highest BCUT2D eigenvalue weighted by atomic mass is 35.5. The topological polar surface area (TPSA) is 58.4 Å². The average Bonchev–Trinajstić information content (AvgIpc) is 2.63. The number of nitrogens with one attached hydrogen (secondary N) is 1. The number of halogens is 1. The number of hydrogen-bond acceptors (Lipinski definition) is 3. The van der Waals surface area contributed by atoms with Crippen LogP contribution in [0.1, 0.15) is 33.3 Å². The zero-order valence-corrected chi connectivity index (χ0v) is 15.1. The number of nitrogen functional groups attached to an aromatic ring is 1. The number of allylic oxidation sites excluding steroid dienone is 1. The van der Waals surface area contributed by atoms with Crippen molar-refractivity contribution in [2.75, 3.05) is 17.6 Å². The fraction of sp³-hybridized carbons (Fsp3) is 0.389. The first-order valence-electron chi connectivity index (χ1n) is 7.62. The molecule has 2 rings (SSSR count). The highest BCUT2D eigenvalue weighted by Gasteiger charge is 2.39. The van der Waals surface area contributed by atoms with Crippen LogP contribution in [0.25, 0.3) is 0 Å². The van der Waals surface area contributed by atoms with Crippen LogP contribution in [0.3, 0.4) is 0 Å². The minimum atomic E-state index is -0.438. The molecule has 0 unspecified atom stereocenters. The summed E-state index contributed by atoms with van der Waals surface area (Å²) >= 11 is 6.18. The van der Waals surface area contributed by atoms with Crippen LogP contribution in [0.2, 0.25) is 5.02 Å². The fourth-order valence-electron chi connectivity index (χ4n) is 2.54. The molecule has 0 saturated carbocycles. The number of nitrogens with zero attached hydrogens (tertiary/aromatic N) is 1. The molecule has 3 N–H and O–H groups in total. The van der Waals surface area contributed by atoms with E-state index in [0.29, 0.717) is 17.3 Å². The third-order valence-electron chi connectivity index (χ3n) is 4.15. The molecule has 1 aromatic carbocycles. The average molecular weight is 334 g/mol. The second-order valence-electron chi connectivity index (χ2n) is 6.66. The number of aryl methyl sites for hydroxylation is 1. The molecule has 5 heteroatoms. The number of nitrogens with two attached hydrogens (primary N) is 1. The van der Waals surface area contributed by atoms with Gasteiger partial charge in [-0.2, -0.15) is 0 Å². The summed E-state index contributed by atoms with van der Waals surface area (Å²) in [5.41, 5.74) is 9.89. The molecule has 0 fully saturated rings. The van der Waals surface area contributed by atoms with Crippen LogP contribution in [-0.2, 0) is 4.79 Å². The molecule has 0 radical (unpaired) electrons. The molecule has 124 valence electrons. The van der Waals surface area contributed by atoms with E-state index in [1.54, 1.807) is 12.1 Å². The van der Waals surface area contributed by atoms with Crippen LogP contribution in [0.4, 0.5) is 11.4 Å². The van der Waals surface area contributed by atoms with Crippen molar-refractivity contribution in [1.29, 1.82) is 0 Å². The summed E-state index contributed by atoms with van der Waals surface area (Å²) in [5.74, 6) is -0.00761. The first-order chi connectivity index (χ1) is 10.6. The van der Waals surface area contributed by atoms with Gasteiger partial charge in [0.1, 0.15) is 0 Å². The molecule has 1 amide bonds. The lowest BCUT2D eigenvalue weighted by atomic mass is 10.0. The summed E-state index contributed by atoms with van der Waals surface area (Å²) in [4.78, 5) is 14.2. The molecule has 4 nitrogen and oxygen atoms in total. The molecule has 0 spiro atoms. The molecule has 0 saturated heterocycles. The van der Waals surface area contributed by atoms with Crippen molar-refractivity contribution in [3.8, 4) is 0 Å². The Morgan fingerprint density at radius 3 is 2.65 bits per heavy atom. The Morgan fingerprint density at radius 1 is 1.39 bits per heavy atom. The normalized spacial score (nSPS) is 16.3. The zero-order chi connectivity index (χ0) is 17.4. The first kappa shape index (κ1) is 17.4. The van der Waals surface area contributed by atoms with Crippen molar-refractivity contribution in [3.63, 3.8) is 0 Å². The van der Waals surface area contributed by atoms with Crippen LogP contribution in [0.5, 0.6) is 0 Å². The highest BCUT2D eigenvalue weighted by molar-refractivity contribution is 6.31. The molecule has 0 atom stereocenters. The van der Waals surface area contributed by atoms with Gasteiger partial charge in [-0.25, -0.2) is 0 Å². The highest BCUT2D eigenvalue weighted by Crippen LogP contribution is 2.34. The van der Waals surface area contributed by atoms with Crippen molar-refractivity contribution in [1.82, 2.24) is 4.90 Å². The predicted molar refractivity (Wildman–Crippen MR) is 97.5 cm³/mol. The van der Waals surface area contributed by atoms with Crippen LogP contribution in [0, 0.1) is 6.92 Å². The Kier molecular flexibility index (Phi) is 4.76. The lowest BCUT2D eigenvalue weighted by Crippen LogP contribution is -2.44. The van der Waals surface area contributed by atoms with E-state index in [2.05, 4.69) is 5.32 Å². The van der Waals surface area contributed by atoms with Crippen LogP contribution in [0.15, 0.2) is 35.6 Å². The Labute approximate surface area is 143 Å². The maximum atomic E-state index is 12.3. The molecule has 1 heterocycles. The molecule has 1 aliphatic rings. The summed E-state index contributed by atoms with van der Waals surface area (Å²) in [5, 5.41) is 3.93. The Balaban J connectivity index is 2.28. The first-order valence-corrected chi connectivity index (χ1v) is 8.00. The van der Waals surface area contributed by atoms with E-state index in [1.807, 2.05) is 51.7 Å². The van der Waals surface area contributed by atoms with Crippen LogP contribution in [-0.4, -0.2) is 22.9 Å². The number of anilines is 2.